The summed E-state index contributed by atoms with van der Waals surface area (Å²) in [6.07, 6.45) is 5.35. The molecule has 6 nitrogen and oxygen atoms in total. The maximum absolute atomic E-state index is 12.0. The normalized spacial score (nSPS) is 15.1. The Morgan fingerprint density at radius 3 is 2.71 bits per heavy atom. The molecule has 0 bridgehead atoms. The number of anilines is 1. The van der Waals surface area contributed by atoms with Crippen LogP contribution in [0, 0.1) is 0 Å². The monoisotopic (exact) mass is 293 g/mol. The van der Waals surface area contributed by atoms with Crippen LogP contribution < -0.4 is 15.8 Å². The fourth-order valence-corrected chi connectivity index (χ4v) is 2.57. The highest BCUT2D eigenvalue weighted by atomic mass is 16.1. The van der Waals surface area contributed by atoms with Crippen LogP contribution in [0.4, 0.5) is 5.69 Å². The van der Waals surface area contributed by atoms with Crippen molar-refractivity contribution in [2.45, 2.75) is 25.8 Å². The summed E-state index contributed by atoms with van der Waals surface area (Å²) in [7, 11) is 4.15. The predicted molar refractivity (Wildman–Crippen MR) is 86.0 cm³/mol. The first kappa shape index (κ1) is 16.0. The Labute approximate surface area is 126 Å². The molecule has 0 saturated carbocycles. The molecular weight excluding hydrogens is 266 g/mol. The summed E-state index contributed by atoms with van der Waals surface area (Å²) in [6.45, 7) is 5.54. The Kier molecular flexibility index (Phi) is 6.20. The molecule has 1 fully saturated rings. The maximum Gasteiger partial charge on any atom is 0.268 e. The van der Waals surface area contributed by atoms with Crippen molar-refractivity contribution in [1.29, 1.82) is 0 Å². The molecule has 0 unspecified atom stereocenters. The van der Waals surface area contributed by atoms with Gasteiger partial charge < -0.3 is 15.1 Å². The van der Waals surface area contributed by atoms with Crippen LogP contribution in [0.3, 0.4) is 0 Å². The molecule has 2 rings (SSSR count). The maximum atomic E-state index is 12.0. The topological polar surface area (TPSA) is 53.4 Å². The average molecular weight is 293 g/mol. The van der Waals surface area contributed by atoms with E-state index in [0.29, 0.717) is 6.54 Å². The molecular formula is C15H27N5O. The Morgan fingerprint density at radius 2 is 2.05 bits per heavy atom. The van der Waals surface area contributed by atoms with Gasteiger partial charge in [-0.2, -0.15) is 5.10 Å². The number of hydrogen-bond acceptors (Lipinski definition) is 5. The van der Waals surface area contributed by atoms with Gasteiger partial charge in [-0.15, -0.1) is 0 Å². The van der Waals surface area contributed by atoms with E-state index in [1.165, 1.54) is 12.8 Å². The van der Waals surface area contributed by atoms with Crippen LogP contribution in [-0.2, 0) is 6.54 Å². The van der Waals surface area contributed by atoms with Gasteiger partial charge in [-0.05, 0) is 46.4 Å². The zero-order chi connectivity index (χ0) is 15.1. The summed E-state index contributed by atoms with van der Waals surface area (Å²) in [6, 6.07) is 1.71. The second-order valence-corrected chi connectivity index (χ2v) is 5.88. The van der Waals surface area contributed by atoms with Crippen molar-refractivity contribution in [2.75, 3.05) is 51.7 Å². The van der Waals surface area contributed by atoms with E-state index in [-0.39, 0.29) is 5.56 Å². The van der Waals surface area contributed by atoms with Gasteiger partial charge in [0.1, 0.15) is 0 Å². The van der Waals surface area contributed by atoms with Gasteiger partial charge >= 0.3 is 0 Å². The first-order valence-corrected chi connectivity index (χ1v) is 7.84. The lowest BCUT2D eigenvalue weighted by Gasteiger charge is -2.17. The minimum Gasteiger partial charge on any atom is -0.370 e. The van der Waals surface area contributed by atoms with Crippen molar-refractivity contribution < 1.29 is 0 Å². The molecule has 0 atom stereocenters. The predicted octanol–water partition coefficient (Wildman–Crippen LogP) is 0.385. The Balaban J connectivity index is 1.75. The smallest absolute Gasteiger partial charge is 0.268 e. The first-order valence-electron chi connectivity index (χ1n) is 7.84. The van der Waals surface area contributed by atoms with Gasteiger partial charge in [-0.3, -0.25) is 4.79 Å². The third kappa shape index (κ3) is 5.13. The lowest BCUT2D eigenvalue weighted by molar-refractivity contribution is 0.392. The highest BCUT2D eigenvalue weighted by molar-refractivity contribution is 5.43. The first-order chi connectivity index (χ1) is 10.2. The van der Waals surface area contributed by atoms with Crippen molar-refractivity contribution in [3.8, 4) is 0 Å². The van der Waals surface area contributed by atoms with Crippen molar-refractivity contribution >= 4 is 5.69 Å². The molecule has 1 saturated heterocycles. The third-order valence-electron chi connectivity index (χ3n) is 3.79. The van der Waals surface area contributed by atoms with Crippen LogP contribution >= 0.6 is 0 Å². The molecule has 2 heterocycles. The van der Waals surface area contributed by atoms with Crippen LogP contribution in [0.15, 0.2) is 17.1 Å². The van der Waals surface area contributed by atoms with Gasteiger partial charge in [-0.25, -0.2) is 4.68 Å². The van der Waals surface area contributed by atoms with E-state index in [2.05, 4.69) is 34.3 Å². The highest BCUT2D eigenvalue weighted by Crippen LogP contribution is 2.16. The zero-order valence-corrected chi connectivity index (χ0v) is 13.2. The lowest BCUT2D eigenvalue weighted by atomic mass is 10.4. The van der Waals surface area contributed by atoms with Gasteiger partial charge in [0.2, 0.25) is 0 Å². The van der Waals surface area contributed by atoms with Gasteiger partial charge in [0, 0.05) is 25.7 Å². The van der Waals surface area contributed by atoms with E-state index in [1.54, 1.807) is 10.7 Å². The van der Waals surface area contributed by atoms with E-state index in [0.717, 1.165) is 44.8 Å². The zero-order valence-electron chi connectivity index (χ0n) is 13.2. The molecule has 21 heavy (non-hydrogen) atoms. The molecule has 0 amide bonds. The molecule has 1 N–H and O–H groups in total. The lowest BCUT2D eigenvalue weighted by Crippen LogP contribution is -2.31. The van der Waals surface area contributed by atoms with Crippen molar-refractivity contribution in [1.82, 2.24) is 20.0 Å². The molecule has 0 aliphatic carbocycles. The molecule has 118 valence electrons. The molecule has 1 aliphatic rings. The van der Waals surface area contributed by atoms with Crippen LogP contribution in [0.5, 0.6) is 0 Å². The van der Waals surface area contributed by atoms with E-state index >= 15 is 0 Å². The molecule has 1 aromatic rings. The summed E-state index contributed by atoms with van der Waals surface area (Å²) in [5.41, 5.74) is 0.960. The number of rotatable bonds is 8. The van der Waals surface area contributed by atoms with Crippen LogP contribution in [0.2, 0.25) is 0 Å². The van der Waals surface area contributed by atoms with Crippen LogP contribution in [0.1, 0.15) is 19.3 Å². The Bertz CT molecular complexity index is 479. The summed E-state index contributed by atoms with van der Waals surface area (Å²) < 4.78 is 1.54. The van der Waals surface area contributed by atoms with Crippen molar-refractivity contribution in [3.63, 3.8) is 0 Å². The average Bonchev–Trinajstić information content (AvgIpc) is 2.97. The standard InChI is InChI=1S/C15H27N5O/c1-18(2)8-5-6-16-7-11-20-15(21)12-14(13-17-20)19-9-3-4-10-19/h12-13,16H,3-11H2,1-2H3. The molecule has 0 aromatic carbocycles. The van der Waals surface area contributed by atoms with Gasteiger partial charge in [0.25, 0.3) is 5.56 Å². The van der Waals surface area contributed by atoms with Gasteiger partial charge in [0.15, 0.2) is 0 Å². The van der Waals surface area contributed by atoms with Gasteiger partial charge in [-0.1, -0.05) is 0 Å². The molecule has 1 aromatic heterocycles. The van der Waals surface area contributed by atoms with Crippen molar-refractivity contribution in [3.05, 3.63) is 22.6 Å². The third-order valence-corrected chi connectivity index (χ3v) is 3.79. The van der Waals surface area contributed by atoms with E-state index < -0.39 is 0 Å². The number of nitrogens with zero attached hydrogens (tertiary/aromatic N) is 4. The quantitative estimate of drug-likeness (QED) is 0.703. The van der Waals surface area contributed by atoms with E-state index in [4.69, 9.17) is 0 Å². The fourth-order valence-electron chi connectivity index (χ4n) is 2.57. The second kappa shape index (κ2) is 8.14. The summed E-state index contributed by atoms with van der Waals surface area (Å²) in [5.74, 6) is 0. The molecule has 0 radical (unpaired) electrons. The highest BCUT2D eigenvalue weighted by Gasteiger charge is 2.13. The number of nitrogens with one attached hydrogen (secondary N) is 1. The van der Waals surface area contributed by atoms with Crippen LogP contribution in [-0.4, -0.2) is 61.5 Å². The SMILES string of the molecule is CN(C)CCCNCCn1ncc(N2CCCC2)cc1=O. The second-order valence-electron chi connectivity index (χ2n) is 5.88. The molecule has 1 aliphatic heterocycles. The largest absolute Gasteiger partial charge is 0.370 e. The minimum absolute atomic E-state index is 0.00510. The number of hydrogen-bond donors (Lipinski definition) is 1. The summed E-state index contributed by atoms with van der Waals surface area (Å²) in [4.78, 5) is 16.5. The van der Waals surface area contributed by atoms with Crippen molar-refractivity contribution in [2.24, 2.45) is 0 Å². The molecule has 0 spiro atoms. The van der Waals surface area contributed by atoms with Gasteiger partial charge in [0.05, 0.1) is 18.4 Å². The van der Waals surface area contributed by atoms with E-state index in [9.17, 15) is 4.79 Å². The van der Waals surface area contributed by atoms with E-state index in [1.807, 2.05) is 6.20 Å². The summed E-state index contributed by atoms with van der Waals surface area (Å²) >= 11 is 0. The fraction of sp³-hybridized carbons (Fsp3) is 0.733. The minimum atomic E-state index is -0.00510. The Hall–Kier alpha value is -1.40. The van der Waals surface area contributed by atoms with Crippen LogP contribution in [0.25, 0.3) is 0 Å². The number of aromatic nitrogens is 2. The Morgan fingerprint density at radius 1 is 1.29 bits per heavy atom. The summed E-state index contributed by atoms with van der Waals surface area (Å²) in [5, 5.41) is 7.63. The molecule has 6 heteroatoms.